The summed E-state index contributed by atoms with van der Waals surface area (Å²) < 4.78 is 36.8. The maximum Gasteiger partial charge on any atom is 0.309 e. The van der Waals surface area contributed by atoms with E-state index in [2.05, 4.69) is 5.16 Å². The number of carbonyl (C=O) groups excluding carboxylic acids is 1. The lowest BCUT2D eigenvalue weighted by molar-refractivity contribution is -0.151. The molecule has 9 heteroatoms. The number of sulfonamides is 1. The van der Waals surface area contributed by atoms with E-state index in [9.17, 15) is 13.2 Å². The summed E-state index contributed by atoms with van der Waals surface area (Å²) in [7, 11) is -3.58. The Morgan fingerprint density at radius 2 is 1.96 bits per heavy atom. The molecule has 0 atom stereocenters. The Balaban J connectivity index is 1.54. The minimum Gasteiger partial charge on any atom is -0.459 e. The van der Waals surface area contributed by atoms with Crippen molar-refractivity contribution in [2.75, 3.05) is 13.1 Å². The average Bonchev–Trinajstić information content (AvgIpc) is 3.05. The van der Waals surface area contributed by atoms with Crippen molar-refractivity contribution in [1.82, 2.24) is 9.46 Å². The third-order valence-corrected chi connectivity index (χ3v) is 6.44. The van der Waals surface area contributed by atoms with Gasteiger partial charge < -0.3 is 9.26 Å². The monoisotopic (exact) mass is 398 g/mol. The molecule has 1 aromatic carbocycles. The molecule has 1 fully saturated rings. The number of piperidine rings is 1. The number of halogens is 1. The smallest absolute Gasteiger partial charge is 0.309 e. The van der Waals surface area contributed by atoms with Crippen LogP contribution in [0.5, 0.6) is 0 Å². The van der Waals surface area contributed by atoms with Gasteiger partial charge in [0.1, 0.15) is 18.1 Å². The van der Waals surface area contributed by atoms with E-state index in [1.165, 1.54) is 16.4 Å². The van der Waals surface area contributed by atoms with Crippen molar-refractivity contribution >= 4 is 27.6 Å². The summed E-state index contributed by atoms with van der Waals surface area (Å²) in [4.78, 5) is 12.4. The van der Waals surface area contributed by atoms with Crippen LogP contribution in [-0.4, -0.2) is 36.9 Å². The van der Waals surface area contributed by atoms with Crippen LogP contribution in [0.1, 0.15) is 24.3 Å². The average molecular weight is 399 g/mol. The van der Waals surface area contributed by atoms with Crippen LogP contribution in [0, 0.1) is 12.8 Å². The predicted octanol–water partition coefficient (Wildman–Crippen LogP) is 2.78. The lowest BCUT2D eigenvalue weighted by Gasteiger charge is -2.30. The van der Waals surface area contributed by atoms with Crippen LogP contribution >= 0.6 is 11.6 Å². The molecular weight excluding hydrogens is 380 g/mol. The number of aromatic nitrogens is 1. The predicted molar refractivity (Wildman–Crippen MR) is 94.0 cm³/mol. The molecule has 0 N–H and O–H groups in total. The maximum absolute atomic E-state index is 12.6. The molecule has 0 unspecified atom stereocenters. The molecule has 2 aromatic rings. The molecule has 1 aromatic heterocycles. The van der Waals surface area contributed by atoms with E-state index in [1.807, 2.05) is 0 Å². The van der Waals surface area contributed by atoms with Crippen molar-refractivity contribution in [2.24, 2.45) is 5.92 Å². The minimum absolute atomic E-state index is 0.0550. The van der Waals surface area contributed by atoms with Gasteiger partial charge in [-0.25, -0.2) is 8.42 Å². The Hall–Kier alpha value is -1.90. The quantitative estimate of drug-likeness (QED) is 0.719. The second-order valence-corrected chi connectivity index (χ2v) is 8.54. The van der Waals surface area contributed by atoms with Gasteiger partial charge in [0.2, 0.25) is 10.0 Å². The summed E-state index contributed by atoms with van der Waals surface area (Å²) >= 11 is 5.81. The molecule has 0 amide bonds. The Morgan fingerprint density at radius 1 is 1.31 bits per heavy atom. The number of hydrogen-bond donors (Lipinski definition) is 0. The van der Waals surface area contributed by atoms with Crippen LogP contribution in [0.3, 0.4) is 0 Å². The standard InChI is InChI=1S/C17H19ClN2O5S/c1-12-10-15(19-25-12)11-24-17(21)13-6-8-20(9-7-13)26(22,23)16-4-2-14(18)3-5-16/h2-5,10,13H,6-9,11H2,1H3. The van der Waals surface area contributed by atoms with E-state index in [4.69, 9.17) is 20.9 Å². The third-order valence-electron chi connectivity index (χ3n) is 4.28. The van der Waals surface area contributed by atoms with Crippen molar-refractivity contribution < 1.29 is 22.5 Å². The zero-order valence-corrected chi connectivity index (χ0v) is 15.8. The highest BCUT2D eigenvalue weighted by Gasteiger charge is 2.32. The molecule has 0 saturated carbocycles. The molecule has 3 rings (SSSR count). The summed E-state index contributed by atoms with van der Waals surface area (Å²) in [6.45, 7) is 2.36. The summed E-state index contributed by atoms with van der Waals surface area (Å²) in [5.41, 5.74) is 0.554. The van der Waals surface area contributed by atoms with Gasteiger partial charge in [-0.2, -0.15) is 4.31 Å². The summed E-state index contributed by atoms with van der Waals surface area (Å²) in [6.07, 6.45) is 0.840. The fourth-order valence-corrected chi connectivity index (χ4v) is 4.43. The second-order valence-electron chi connectivity index (χ2n) is 6.17. The Labute approximate surface area is 156 Å². The first-order valence-corrected chi connectivity index (χ1v) is 10.0. The third kappa shape index (κ3) is 4.25. The molecule has 1 saturated heterocycles. The fraction of sp³-hybridized carbons (Fsp3) is 0.412. The van der Waals surface area contributed by atoms with Gasteiger partial charge in [-0.3, -0.25) is 4.79 Å². The Kier molecular flexibility index (Phi) is 5.64. The first kappa shape index (κ1) is 18.9. The van der Waals surface area contributed by atoms with E-state index >= 15 is 0 Å². The molecule has 0 spiro atoms. The number of esters is 1. The number of rotatable bonds is 5. The largest absolute Gasteiger partial charge is 0.459 e. The summed E-state index contributed by atoms with van der Waals surface area (Å²) in [5.74, 6) is -0.00868. The SMILES string of the molecule is Cc1cc(COC(=O)C2CCN(S(=O)(=O)c3ccc(Cl)cc3)CC2)no1. The van der Waals surface area contributed by atoms with E-state index in [-0.39, 0.29) is 36.5 Å². The van der Waals surface area contributed by atoms with E-state index < -0.39 is 10.0 Å². The van der Waals surface area contributed by atoms with E-state index in [1.54, 1.807) is 25.1 Å². The van der Waals surface area contributed by atoms with Crippen LogP contribution in [0.2, 0.25) is 5.02 Å². The van der Waals surface area contributed by atoms with Crippen molar-refractivity contribution in [1.29, 1.82) is 0 Å². The number of carbonyl (C=O) groups is 1. The molecule has 0 bridgehead atoms. The Bertz CT molecular complexity index is 871. The zero-order chi connectivity index (χ0) is 18.7. The van der Waals surface area contributed by atoms with Gasteiger partial charge in [0, 0.05) is 24.2 Å². The van der Waals surface area contributed by atoms with E-state index in [0.717, 1.165) is 0 Å². The summed E-state index contributed by atoms with van der Waals surface area (Å²) in [6, 6.07) is 7.76. The van der Waals surface area contributed by atoms with Gasteiger partial charge in [-0.05, 0) is 44.0 Å². The molecule has 0 aliphatic carbocycles. The lowest BCUT2D eigenvalue weighted by Crippen LogP contribution is -2.40. The highest BCUT2D eigenvalue weighted by molar-refractivity contribution is 7.89. The Morgan fingerprint density at radius 3 is 2.54 bits per heavy atom. The van der Waals surface area contributed by atoms with Crippen LogP contribution in [-0.2, 0) is 26.2 Å². The fourth-order valence-electron chi connectivity index (χ4n) is 2.84. The topological polar surface area (TPSA) is 89.7 Å². The molecule has 0 radical (unpaired) electrons. The number of nitrogens with zero attached hydrogens (tertiary/aromatic N) is 2. The molecule has 26 heavy (non-hydrogen) atoms. The molecule has 1 aliphatic heterocycles. The number of hydrogen-bond acceptors (Lipinski definition) is 6. The maximum atomic E-state index is 12.6. The van der Waals surface area contributed by atoms with Crippen molar-refractivity contribution in [3.63, 3.8) is 0 Å². The van der Waals surface area contributed by atoms with Crippen LogP contribution in [0.25, 0.3) is 0 Å². The highest BCUT2D eigenvalue weighted by atomic mass is 35.5. The van der Waals surface area contributed by atoms with Crippen molar-refractivity contribution in [3.8, 4) is 0 Å². The van der Waals surface area contributed by atoms with Crippen LogP contribution in [0.15, 0.2) is 39.8 Å². The number of aryl methyl sites for hydroxylation is 1. The van der Waals surface area contributed by atoms with E-state index in [0.29, 0.717) is 29.3 Å². The molecular formula is C17H19ClN2O5S. The first-order valence-electron chi connectivity index (χ1n) is 8.21. The zero-order valence-electron chi connectivity index (χ0n) is 14.2. The van der Waals surface area contributed by atoms with Gasteiger partial charge in [-0.1, -0.05) is 16.8 Å². The second kappa shape index (κ2) is 7.77. The van der Waals surface area contributed by atoms with Crippen molar-refractivity contribution in [2.45, 2.75) is 31.3 Å². The minimum atomic E-state index is -3.58. The van der Waals surface area contributed by atoms with Gasteiger partial charge in [0.25, 0.3) is 0 Å². The lowest BCUT2D eigenvalue weighted by atomic mass is 9.98. The molecule has 1 aliphatic rings. The van der Waals surface area contributed by atoms with Gasteiger partial charge in [0.05, 0.1) is 10.8 Å². The molecule has 2 heterocycles. The molecule has 7 nitrogen and oxygen atoms in total. The molecule has 140 valence electrons. The van der Waals surface area contributed by atoms with Gasteiger partial charge in [-0.15, -0.1) is 0 Å². The number of ether oxygens (including phenoxy) is 1. The highest BCUT2D eigenvalue weighted by Crippen LogP contribution is 2.25. The first-order chi connectivity index (χ1) is 12.4. The van der Waals surface area contributed by atoms with Crippen molar-refractivity contribution in [3.05, 3.63) is 46.8 Å². The van der Waals surface area contributed by atoms with Gasteiger partial charge >= 0.3 is 5.97 Å². The van der Waals surface area contributed by atoms with Crippen LogP contribution in [0.4, 0.5) is 0 Å². The normalized spacial score (nSPS) is 16.5. The number of benzene rings is 1. The summed E-state index contributed by atoms with van der Waals surface area (Å²) in [5, 5.41) is 4.25. The van der Waals surface area contributed by atoms with Crippen LogP contribution < -0.4 is 0 Å². The van der Waals surface area contributed by atoms with Gasteiger partial charge in [0.15, 0.2) is 0 Å².